The van der Waals surface area contributed by atoms with Gasteiger partial charge in [0.25, 0.3) is 0 Å². The molecule has 3 amide bonds. The Hall–Kier alpha value is -1.82. The number of amides is 3. The van der Waals surface area contributed by atoms with Crippen LogP contribution in [0.5, 0.6) is 0 Å². The summed E-state index contributed by atoms with van der Waals surface area (Å²) < 4.78 is 13.3. The third-order valence-electron chi connectivity index (χ3n) is 2.16. The summed E-state index contributed by atoms with van der Waals surface area (Å²) in [6.45, 7) is 2.15. The summed E-state index contributed by atoms with van der Waals surface area (Å²) in [5.74, 6) is -1.08. The van der Waals surface area contributed by atoms with Crippen LogP contribution in [0.15, 0.2) is 18.2 Å². The molecule has 0 saturated heterocycles. The lowest BCUT2D eigenvalue weighted by Crippen LogP contribution is -2.42. The predicted octanol–water partition coefficient (Wildman–Crippen LogP) is 2.13. The van der Waals surface area contributed by atoms with Gasteiger partial charge >= 0.3 is 6.03 Å². The zero-order chi connectivity index (χ0) is 14.3. The van der Waals surface area contributed by atoms with E-state index in [1.54, 1.807) is 0 Å². The predicted molar refractivity (Wildman–Crippen MR) is 71.7 cm³/mol. The van der Waals surface area contributed by atoms with Crippen LogP contribution in [0.2, 0.25) is 5.02 Å². The van der Waals surface area contributed by atoms with Gasteiger partial charge in [0.1, 0.15) is 5.82 Å². The van der Waals surface area contributed by atoms with Crippen LogP contribution in [0.25, 0.3) is 0 Å². The summed E-state index contributed by atoms with van der Waals surface area (Å²) in [4.78, 5) is 22.6. The Balaban J connectivity index is 2.41. The Morgan fingerprint density at radius 3 is 2.79 bits per heavy atom. The number of nitrogens with one attached hydrogen (secondary N) is 3. The second-order valence-electron chi connectivity index (χ2n) is 3.78. The Bertz CT molecular complexity index is 468. The van der Waals surface area contributed by atoms with Crippen LogP contribution in [-0.4, -0.2) is 25.0 Å². The highest BCUT2D eigenvalue weighted by molar-refractivity contribution is 6.30. The lowest BCUT2D eigenvalue weighted by Gasteiger charge is -2.08. The average Bonchev–Trinajstić information content (AvgIpc) is 2.37. The lowest BCUT2D eigenvalue weighted by molar-refractivity contribution is -0.118. The standard InChI is InChI=1S/C12H15ClFN3O2/c1-2-5-15-12(19)17-11(18)7-16-10-6-8(13)3-4-9(10)14/h3-4,6,16H,2,5,7H2,1H3,(H2,15,17,18,19). The van der Waals surface area contributed by atoms with Gasteiger partial charge in [0.05, 0.1) is 12.2 Å². The van der Waals surface area contributed by atoms with Gasteiger partial charge in [-0.3, -0.25) is 10.1 Å². The number of hydrogen-bond donors (Lipinski definition) is 3. The first-order valence-corrected chi connectivity index (χ1v) is 6.17. The Labute approximate surface area is 115 Å². The molecule has 0 aromatic heterocycles. The van der Waals surface area contributed by atoms with Crippen molar-refractivity contribution < 1.29 is 14.0 Å². The van der Waals surface area contributed by atoms with Crippen molar-refractivity contribution in [3.8, 4) is 0 Å². The van der Waals surface area contributed by atoms with Gasteiger partial charge in [-0.15, -0.1) is 0 Å². The Morgan fingerprint density at radius 1 is 1.37 bits per heavy atom. The van der Waals surface area contributed by atoms with Gasteiger partial charge in [-0.1, -0.05) is 18.5 Å². The summed E-state index contributed by atoms with van der Waals surface area (Å²) in [6, 6.07) is 3.39. The minimum absolute atomic E-state index is 0.108. The van der Waals surface area contributed by atoms with Crippen LogP contribution in [0, 0.1) is 5.82 Å². The molecule has 1 aromatic rings. The molecule has 0 atom stereocenters. The third-order valence-corrected chi connectivity index (χ3v) is 2.39. The first-order chi connectivity index (χ1) is 9.02. The van der Waals surface area contributed by atoms with Crippen molar-refractivity contribution in [1.29, 1.82) is 0 Å². The van der Waals surface area contributed by atoms with Crippen molar-refractivity contribution >= 4 is 29.2 Å². The molecule has 0 unspecified atom stereocenters. The lowest BCUT2D eigenvalue weighted by atomic mass is 10.3. The van der Waals surface area contributed by atoms with Crippen LogP contribution in [-0.2, 0) is 4.79 Å². The van der Waals surface area contributed by atoms with E-state index >= 15 is 0 Å². The second-order valence-corrected chi connectivity index (χ2v) is 4.22. The largest absolute Gasteiger partial charge is 0.374 e. The van der Waals surface area contributed by atoms with E-state index in [9.17, 15) is 14.0 Å². The summed E-state index contributed by atoms with van der Waals surface area (Å²) >= 11 is 5.70. The van der Waals surface area contributed by atoms with Crippen molar-refractivity contribution in [2.75, 3.05) is 18.4 Å². The van der Waals surface area contributed by atoms with E-state index in [-0.39, 0.29) is 12.2 Å². The number of benzene rings is 1. The van der Waals surface area contributed by atoms with Crippen molar-refractivity contribution in [2.24, 2.45) is 0 Å². The number of halogens is 2. The number of urea groups is 1. The molecule has 3 N–H and O–H groups in total. The monoisotopic (exact) mass is 287 g/mol. The van der Waals surface area contributed by atoms with Crippen molar-refractivity contribution in [1.82, 2.24) is 10.6 Å². The topological polar surface area (TPSA) is 70.2 Å². The van der Waals surface area contributed by atoms with Crippen LogP contribution >= 0.6 is 11.6 Å². The van der Waals surface area contributed by atoms with Crippen LogP contribution in [0.3, 0.4) is 0 Å². The number of rotatable bonds is 5. The first-order valence-electron chi connectivity index (χ1n) is 5.79. The van der Waals surface area contributed by atoms with Gasteiger partial charge in [-0.2, -0.15) is 0 Å². The fraction of sp³-hybridized carbons (Fsp3) is 0.333. The van der Waals surface area contributed by atoms with E-state index in [0.717, 1.165) is 6.42 Å². The molecule has 0 spiro atoms. The summed E-state index contributed by atoms with van der Waals surface area (Å²) in [5, 5.41) is 7.52. The van der Waals surface area contributed by atoms with Gasteiger partial charge in [-0.05, 0) is 24.6 Å². The molecule has 0 heterocycles. The molecule has 0 saturated carbocycles. The number of imide groups is 1. The fourth-order valence-corrected chi connectivity index (χ4v) is 1.43. The van der Waals surface area contributed by atoms with Gasteiger partial charge in [0, 0.05) is 11.6 Å². The van der Waals surface area contributed by atoms with Gasteiger partial charge in [0.15, 0.2) is 0 Å². The summed E-state index contributed by atoms with van der Waals surface area (Å²) in [6.07, 6.45) is 0.771. The molecule has 1 rings (SSSR count). The second kappa shape index (κ2) is 7.58. The molecular formula is C12H15ClFN3O2. The van der Waals surface area contributed by atoms with Crippen molar-refractivity contribution in [3.63, 3.8) is 0 Å². The Morgan fingerprint density at radius 2 is 2.11 bits per heavy atom. The van der Waals surface area contributed by atoms with E-state index in [2.05, 4.69) is 16.0 Å². The van der Waals surface area contributed by atoms with E-state index in [1.807, 2.05) is 6.92 Å². The number of carbonyl (C=O) groups excluding carboxylic acids is 2. The molecule has 1 aromatic carbocycles. The SMILES string of the molecule is CCCNC(=O)NC(=O)CNc1cc(Cl)ccc1F. The maximum Gasteiger partial charge on any atom is 0.321 e. The van der Waals surface area contributed by atoms with E-state index in [4.69, 9.17) is 11.6 Å². The highest BCUT2D eigenvalue weighted by atomic mass is 35.5. The highest BCUT2D eigenvalue weighted by Crippen LogP contribution is 2.18. The minimum atomic E-state index is -0.569. The molecule has 19 heavy (non-hydrogen) atoms. The molecule has 0 aliphatic carbocycles. The first kappa shape index (κ1) is 15.2. The third kappa shape index (κ3) is 5.56. The number of anilines is 1. The average molecular weight is 288 g/mol. The molecule has 104 valence electrons. The smallest absolute Gasteiger partial charge is 0.321 e. The minimum Gasteiger partial charge on any atom is -0.374 e. The summed E-state index contributed by atoms with van der Waals surface area (Å²) in [7, 11) is 0. The van der Waals surface area contributed by atoms with Crippen LogP contribution in [0.1, 0.15) is 13.3 Å². The van der Waals surface area contributed by atoms with Crippen molar-refractivity contribution in [3.05, 3.63) is 29.0 Å². The normalized spacial score (nSPS) is 9.84. The fourth-order valence-electron chi connectivity index (χ4n) is 1.26. The summed E-state index contributed by atoms with van der Waals surface area (Å²) in [5.41, 5.74) is 0.108. The van der Waals surface area contributed by atoms with E-state index < -0.39 is 17.8 Å². The molecular weight excluding hydrogens is 273 g/mol. The molecule has 0 bridgehead atoms. The molecule has 0 aliphatic heterocycles. The molecule has 7 heteroatoms. The van der Waals surface area contributed by atoms with Crippen molar-refractivity contribution in [2.45, 2.75) is 13.3 Å². The van der Waals surface area contributed by atoms with Gasteiger partial charge in [-0.25, -0.2) is 9.18 Å². The molecule has 0 aliphatic rings. The van der Waals surface area contributed by atoms with Gasteiger partial charge < -0.3 is 10.6 Å². The van der Waals surface area contributed by atoms with Crippen LogP contribution in [0.4, 0.5) is 14.9 Å². The van der Waals surface area contributed by atoms with Crippen LogP contribution < -0.4 is 16.0 Å². The maximum atomic E-state index is 13.3. The zero-order valence-corrected chi connectivity index (χ0v) is 11.2. The quantitative estimate of drug-likeness (QED) is 0.777. The molecule has 0 radical (unpaired) electrons. The molecule has 5 nitrogen and oxygen atoms in total. The Kier molecular flexibility index (Phi) is 6.08. The van der Waals surface area contributed by atoms with Gasteiger partial charge in [0.2, 0.25) is 5.91 Å². The number of carbonyl (C=O) groups is 2. The molecule has 0 fully saturated rings. The van der Waals surface area contributed by atoms with E-state index in [0.29, 0.717) is 11.6 Å². The maximum absolute atomic E-state index is 13.3. The zero-order valence-electron chi connectivity index (χ0n) is 10.4. The highest BCUT2D eigenvalue weighted by Gasteiger charge is 2.08. The van der Waals surface area contributed by atoms with E-state index in [1.165, 1.54) is 18.2 Å². The number of hydrogen-bond acceptors (Lipinski definition) is 3.